The maximum Gasteiger partial charge on any atom is 0.0886 e. The molecule has 86 valence electrons. The fourth-order valence-electron chi connectivity index (χ4n) is 1.48. The zero-order valence-corrected chi connectivity index (χ0v) is 9.31. The summed E-state index contributed by atoms with van der Waals surface area (Å²) >= 11 is 0. The largest absolute Gasteiger partial charge is 0.331 e. The molecule has 0 atom stereocenters. The van der Waals surface area contributed by atoms with E-state index in [4.69, 9.17) is 12.3 Å². The normalized spacial score (nSPS) is 24.2. The molecule has 0 N–H and O–H groups in total. The molecule has 0 aromatic heterocycles. The highest BCUT2D eigenvalue weighted by atomic mass is 15.3. The van der Waals surface area contributed by atoms with Crippen LogP contribution < -0.4 is 0 Å². The van der Waals surface area contributed by atoms with Crippen molar-refractivity contribution in [1.82, 2.24) is 0 Å². The average Bonchev–Trinajstić information content (AvgIpc) is 2.32. The van der Waals surface area contributed by atoms with Crippen LogP contribution in [0.4, 0.5) is 0 Å². The lowest BCUT2D eigenvalue weighted by Gasteiger charge is -2.23. The lowest BCUT2D eigenvalue weighted by molar-refractivity contribution is -0.870. The van der Waals surface area contributed by atoms with Crippen LogP contribution in [0.3, 0.4) is 0 Å². The second-order valence-electron chi connectivity index (χ2n) is 4.01. The molecule has 0 aliphatic heterocycles. The molecule has 0 aliphatic carbocycles. The standard InChI is InChI=1S/C13H30N/c1-5-6-7-8-9-10-11-12-13-14(2,3)4/h5-13H2,1-4H3/q+1/i2D3,3D3,4D3. The van der Waals surface area contributed by atoms with Gasteiger partial charge in [-0.1, -0.05) is 45.4 Å². The molecule has 0 fully saturated rings. The first-order chi connectivity index (χ1) is 10.3. The van der Waals surface area contributed by atoms with Crippen molar-refractivity contribution >= 4 is 0 Å². The van der Waals surface area contributed by atoms with Crippen LogP contribution in [0.5, 0.6) is 0 Å². The fourth-order valence-corrected chi connectivity index (χ4v) is 1.48. The molecule has 0 heterocycles. The first kappa shape index (κ1) is 4.86. The summed E-state index contributed by atoms with van der Waals surface area (Å²) < 4.78 is 65.9. The van der Waals surface area contributed by atoms with Crippen molar-refractivity contribution < 1.29 is 16.8 Å². The van der Waals surface area contributed by atoms with E-state index in [0.29, 0.717) is 6.42 Å². The van der Waals surface area contributed by atoms with Crippen LogP contribution in [0.2, 0.25) is 0 Å². The van der Waals surface area contributed by atoms with E-state index in [0.717, 1.165) is 32.1 Å². The van der Waals surface area contributed by atoms with Crippen molar-refractivity contribution in [2.75, 3.05) is 27.5 Å². The minimum Gasteiger partial charge on any atom is -0.331 e. The number of unbranched alkanes of at least 4 members (excludes halogenated alkanes) is 7. The highest BCUT2D eigenvalue weighted by molar-refractivity contribution is 4.45. The van der Waals surface area contributed by atoms with Gasteiger partial charge in [0.2, 0.25) is 0 Å². The van der Waals surface area contributed by atoms with Gasteiger partial charge in [0, 0.05) is 0 Å². The number of rotatable bonds is 9. The lowest BCUT2D eigenvalue weighted by atomic mass is 10.1. The Hall–Kier alpha value is -0.0400. The van der Waals surface area contributed by atoms with Gasteiger partial charge in [-0.2, -0.15) is 0 Å². The molecule has 0 radical (unpaired) electrons. The molecule has 0 aromatic rings. The second kappa shape index (κ2) is 8.28. The SMILES string of the molecule is [2H]C([2H])([2H])[N+](CCCCCCCCCC)(C([2H])([2H])[2H])C([2H])([2H])[2H]. The van der Waals surface area contributed by atoms with Gasteiger partial charge in [-0.25, -0.2) is 0 Å². The smallest absolute Gasteiger partial charge is 0.0886 e. The Morgan fingerprint density at radius 1 is 0.786 bits per heavy atom. The van der Waals surface area contributed by atoms with Gasteiger partial charge in [-0.3, -0.25) is 0 Å². The van der Waals surface area contributed by atoms with Crippen LogP contribution in [-0.2, 0) is 0 Å². The van der Waals surface area contributed by atoms with Crippen LogP contribution in [0.25, 0.3) is 0 Å². The molecule has 0 saturated carbocycles. The van der Waals surface area contributed by atoms with Crippen LogP contribution in [-0.4, -0.2) is 32.0 Å². The molecule has 1 nitrogen and oxygen atoms in total. The van der Waals surface area contributed by atoms with E-state index in [1.165, 1.54) is 6.42 Å². The zero-order chi connectivity index (χ0) is 18.4. The third kappa shape index (κ3) is 12.0. The van der Waals surface area contributed by atoms with Crippen LogP contribution in [0.1, 0.15) is 70.6 Å². The first-order valence-electron chi connectivity index (χ1n) is 10.2. The molecule has 0 aromatic carbocycles. The van der Waals surface area contributed by atoms with E-state index in [9.17, 15) is 0 Å². The van der Waals surface area contributed by atoms with E-state index in [1.807, 2.05) is 0 Å². The fraction of sp³-hybridized carbons (Fsp3) is 1.00. The Morgan fingerprint density at radius 3 is 1.79 bits per heavy atom. The number of quaternary nitrogens is 1. The van der Waals surface area contributed by atoms with Crippen molar-refractivity contribution in [3.8, 4) is 0 Å². The number of hydrogen-bond donors (Lipinski definition) is 0. The van der Waals surface area contributed by atoms with Crippen LogP contribution in [0.15, 0.2) is 0 Å². The maximum atomic E-state index is 7.53. The Morgan fingerprint density at radius 2 is 1.29 bits per heavy atom. The molecular formula is C13H30N+. The van der Waals surface area contributed by atoms with Gasteiger partial charge in [-0.05, 0) is 12.8 Å². The predicted octanol–water partition coefficient (Wildman–Crippen LogP) is 3.83. The highest BCUT2D eigenvalue weighted by Crippen LogP contribution is 2.09. The molecule has 0 unspecified atom stereocenters. The molecular weight excluding hydrogens is 170 g/mol. The molecule has 1 heteroatoms. The summed E-state index contributed by atoms with van der Waals surface area (Å²) in [7, 11) is 0. The van der Waals surface area contributed by atoms with E-state index >= 15 is 0 Å². The number of hydrogen-bond acceptors (Lipinski definition) is 0. The van der Waals surface area contributed by atoms with Crippen LogP contribution >= 0.6 is 0 Å². The monoisotopic (exact) mass is 209 g/mol. The van der Waals surface area contributed by atoms with E-state index in [2.05, 4.69) is 6.92 Å². The molecule has 0 spiro atoms. The molecule has 0 bridgehead atoms. The van der Waals surface area contributed by atoms with Gasteiger partial charge in [0.05, 0.1) is 39.8 Å². The quantitative estimate of drug-likeness (QED) is 0.400. The van der Waals surface area contributed by atoms with Crippen molar-refractivity contribution in [1.29, 1.82) is 0 Å². The Labute approximate surface area is 104 Å². The summed E-state index contributed by atoms with van der Waals surface area (Å²) in [4.78, 5) is 0. The van der Waals surface area contributed by atoms with Crippen molar-refractivity contribution in [2.45, 2.75) is 58.3 Å². The van der Waals surface area contributed by atoms with Crippen molar-refractivity contribution in [3.63, 3.8) is 0 Å². The highest BCUT2D eigenvalue weighted by Gasteiger charge is 2.04. The lowest BCUT2D eigenvalue weighted by Crippen LogP contribution is -2.35. The minimum absolute atomic E-state index is 0.281. The van der Waals surface area contributed by atoms with Crippen LogP contribution in [0, 0.1) is 0 Å². The summed E-state index contributed by atoms with van der Waals surface area (Å²) in [5.41, 5.74) is 0. The van der Waals surface area contributed by atoms with Gasteiger partial charge in [0.15, 0.2) is 0 Å². The van der Waals surface area contributed by atoms with Gasteiger partial charge in [0.25, 0.3) is 0 Å². The van der Waals surface area contributed by atoms with Gasteiger partial charge < -0.3 is 4.48 Å². The van der Waals surface area contributed by atoms with E-state index in [-0.39, 0.29) is 6.42 Å². The Bertz CT molecular complexity index is 294. The first-order valence-corrected chi connectivity index (χ1v) is 5.69. The third-order valence-electron chi connectivity index (χ3n) is 2.35. The molecule has 0 saturated heterocycles. The third-order valence-corrected chi connectivity index (χ3v) is 2.35. The topological polar surface area (TPSA) is 0 Å². The molecule has 0 rings (SSSR count). The van der Waals surface area contributed by atoms with E-state index in [1.54, 1.807) is 0 Å². The van der Waals surface area contributed by atoms with Crippen molar-refractivity contribution in [3.05, 3.63) is 0 Å². The minimum atomic E-state index is -3.11. The predicted molar refractivity (Wildman–Crippen MR) is 65.5 cm³/mol. The Kier molecular flexibility index (Phi) is 2.88. The van der Waals surface area contributed by atoms with Gasteiger partial charge in [0.1, 0.15) is 0 Å². The van der Waals surface area contributed by atoms with Gasteiger partial charge >= 0.3 is 0 Å². The summed E-state index contributed by atoms with van der Waals surface area (Å²) in [6.45, 7) is -7.60. The van der Waals surface area contributed by atoms with Gasteiger partial charge in [-0.15, -0.1) is 0 Å². The summed E-state index contributed by atoms with van der Waals surface area (Å²) in [5, 5.41) is 0. The van der Waals surface area contributed by atoms with Crippen molar-refractivity contribution in [2.24, 2.45) is 0 Å². The average molecular weight is 209 g/mol. The molecule has 0 aliphatic rings. The molecule has 0 amide bonds. The second-order valence-corrected chi connectivity index (χ2v) is 4.01. The summed E-state index contributed by atoms with van der Waals surface area (Å²) in [6, 6.07) is 0. The van der Waals surface area contributed by atoms with E-state index < -0.39 is 32.0 Å². The maximum absolute atomic E-state index is 7.53. The molecule has 14 heavy (non-hydrogen) atoms. The summed E-state index contributed by atoms with van der Waals surface area (Å²) in [5.74, 6) is 0. The zero-order valence-electron chi connectivity index (χ0n) is 18.3. The Balaban J connectivity index is 4.76. The summed E-state index contributed by atoms with van der Waals surface area (Å²) in [6.07, 6.45) is 7.42. The number of nitrogens with zero attached hydrogens (tertiary/aromatic N) is 1.